The van der Waals surface area contributed by atoms with Gasteiger partial charge in [0.2, 0.25) is 11.8 Å². The second kappa shape index (κ2) is 50.5. The molecule has 3 saturated heterocycles. The van der Waals surface area contributed by atoms with Gasteiger partial charge in [0.05, 0.1) is 50.7 Å². The van der Waals surface area contributed by atoms with Crippen molar-refractivity contribution in [3.05, 3.63) is 24.3 Å². The van der Waals surface area contributed by atoms with Crippen LogP contribution in [0.5, 0.6) is 0 Å². The summed E-state index contributed by atoms with van der Waals surface area (Å²) in [7, 11) is 0. The average molecular weight is 1330 g/mol. The quantitative estimate of drug-likeness (QED) is 0.0211. The summed E-state index contributed by atoms with van der Waals surface area (Å²) in [6.07, 6.45) is 21.7. The van der Waals surface area contributed by atoms with Crippen LogP contribution in [0.4, 0.5) is 0 Å². The first-order chi connectivity index (χ1) is 44.9. The predicted octanol–water partition coefficient (Wildman–Crippen LogP) is 7.23. The van der Waals surface area contributed by atoms with Gasteiger partial charge in [0, 0.05) is 19.8 Å². The van der Waals surface area contributed by atoms with Crippen LogP contribution in [0.2, 0.25) is 0 Å². The van der Waals surface area contributed by atoms with Crippen LogP contribution < -0.4 is 10.6 Å². The number of unbranched alkanes of at least 4 members (excludes halogenated alkanes) is 31. The van der Waals surface area contributed by atoms with Crippen LogP contribution in [0.1, 0.15) is 265 Å². The number of amides is 2. The predicted molar refractivity (Wildman–Crippen MR) is 352 cm³/mol. The van der Waals surface area contributed by atoms with E-state index in [0.717, 1.165) is 71.1 Å². The van der Waals surface area contributed by atoms with Crippen LogP contribution in [0, 0.1) is 0 Å². The molecule has 544 valence electrons. The van der Waals surface area contributed by atoms with Crippen molar-refractivity contribution in [2.75, 3.05) is 26.4 Å². The summed E-state index contributed by atoms with van der Waals surface area (Å²) in [5, 5.41) is 136. The second-order valence-corrected chi connectivity index (χ2v) is 26.4. The molecule has 0 bridgehead atoms. The molecule has 14 N–H and O–H groups in total. The summed E-state index contributed by atoms with van der Waals surface area (Å²) in [5.74, 6) is -6.10. The first-order valence-corrected chi connectivity index (χ1v) is 36.2. The van der Waals surface area contributed by atoms with Gasteiger partial charge in [0.1, 0.15) is 67.1 Å². The third-order valence-electron chi connectivity index (χ3n) is 18.4. The number of hydrogen-bond donors (Lipinski definition) is 14. The minimum atomic E-state index is -3.08. The third kappa shape index (κ3) is 32.6. The van der Waals surface area contributed by atoms with Crippen LogP contribution >= 0.6 is 0 Å². The van der Waals surface area contributed by atoms with E-state index in [1.165, 1.54) is 148 Å². The summed E-state index contributed by atoms with van der Waals surface area (Å²) in [6.45, 7) is 2.12. The van der Waals surface area contributed by atoms with Crippen LogP contribution in [0.25, 0.3) is 0 Å². The number of carboxylic acid groups (broad SMARTS) is 1. The summed E-state index contributed by atoms with van der Waals surface area (Å²) in [6, 6.07) is -2.53. The average Bonchev–Trinajstić information content (AvgIpc) is 0.766. The molecule has 3 aliphatic heterocycles. The molecule has 3 fully saturated rings. The fourth-order valence-electron chi connectivity index (χ4n) is 12.7. The SMILES string of the molecule is CC/C=C\C/C=C\CCCCCCCCCCCCCCCCC(=O)NC(COC1OC(CO)C(OC2OC(CO)C(O)C(OC3(C(=O)O)CC(O)C(NC(C)=O)C(C(O)C(O)CO)O3)C2O)C(O)C1O)C(O)CCCCCCCCCCCCCCCCCCCC. The molecule has 0 radical (unpaired) electrons. The van der Waals surface area contributed by atoms with E-state index in [1.54, 1.807) is 0 Å². The van der Waals surface area contributed by atoms with Crippen LogP contribution in [0.15, 0.2) is 24.3 Å². The highest BCUT2D eigenvalue weighted by molar-refractivity contribution is 5.77. The highest BCUT2D eigenvalue weighted by atomic mass is 16.8. The van der Waals surface area contributed by atoms with Crippen molar-refractivity contribution in [3.63, 3.8) is 0 Å². The lowest BCUT2D eigenvalue weighted by molar-refractivity contribution is -0.386. The Kier molecular flexibility index (Phi) is 45.9. The van der Waals surface area contributed by atoms with Gasteiger partial charge in [-0.2, -0.15) is 0 Å². The molecule has 23 heteroatoms. The van der Waals surface area contributed by atoms with Crippen LogP contribution in [0.3, 0.4) is 0 Å². The first kappa shape index (κ1) is 84.4. The van der Waals surface area contributed by atoms with Gasteiger partial charge in [-0.1, -0.05) is 231 Å². The fourth-order valence-corrected chi connectivity index (χ4v) is 12.7. The molecule has 0 aromatic carbocycles. The summed E-state index contributed by atoms with van der Waals surface area (Å²) < 4.78 is 34.9. The largest absolute Gasteiger partial charge is 0.477 e. The summed E-state index contributed by atoms with van der Waals surface area (Å²) in [5.41, 5.74) is 0. The van der Waals surface area contributed by atoms with Crippen LogP contribution in [-0.2, 0) is 42.8 Å². The lowest BCUT2D eigenvalue weighted by atomic mass is 9.88. The molecule has 18 unspecified atom stereocenters. The highest BCUT2D eigenvalue weighted by Gasteiger charge is 2.60. The molecule has 23 nitrogen and oxygen atoms in total. The maximum atomic E-state index is 13.5. The maximum Gasteiger partial charge on any atom is 0.364 e. The molecule has 0 aliphatic carbocycles. The van der Waals surface area contributed by atoms with Crippen molar-refractivity contribution in [2.24, 2.45) is 0 Å². The zero-order valence-corrected chi connectivity index (χ0v) is 56.9. The normalized spacial score (nSPS) is 28.2. The van der Waals surface area contributed by atoms with Crippen molar-refractivity contribution < 1.29 is 104 Å². The van der Waals surface area contributed by atoms with E-state index in [0.29, 0.717) is 19.3 Å². The minimum Gasteiger partial charge on any atom is -0.477 e. The zero-order valence-electron chi connectivity index (χ0n) is 56.9. The van der Waals surface area contributed by atoms with Gasteiger partial charge < -0.3 is 100 Å². The smallest absolute Gasteiger partial charge is 0.364 e. The molecular weight excluding hydrogens is 1200 g/mol. The molecular formula is C70H128N2O21. The number of hydrogen-bond acceptors (Lipinski definition) is 20. The molecule has 0 spiro atoms. The Labute approximate surface area is 555 Å². The standard InChI is InChI=1S/C70H128N2O21/c1-4-6-8-10-12-14-16-18-20-22-24-25-26-28-30-32-34-36-38-40-42-44-57(80)72-51(52(77)43-41-39-37-35-33-31-29-27-23-21-19-17-15-13-11-9-7-5-2)49-88-67-62(84)61(83)64(56(48-75)90-67)91-68-63(85)66(60(82)55(47-74)89-68)93-70(69(86)87)45-53(78)58(71-50(3)76)65(92-70)59(81)54(79)46-73/h6,8,12,14,51-56,58-68,73-75,77-79,81-85H,4-5,7,9-11,13,15-49H2,1-3H3,(H,71,76)(H,72,80)(H,86,87)/b8-6-,14-12-. The van der Waals surface area contributed by atoms with Crippen molar-refractivity contribution in [1.29, 1.82) is 0 Å². The third-order valence-corrected chi connectivity index (χ3v) is 18.4. The number of carboxylic acids is 1. The number of ether oxygens (including phenoxy) is 6. The van der Waals surface area contributed by atoms with Crippen molar-refractivity contribution in [1.82, 2.24) is 10.6 Å². The molecule has 18 atom stereocenters. The Morgan fingerprint density at radius 1 is 0.570 bits per heavy atom. The number of aliphatic hydroxyl groups excluding tert-OH is 11. The van der Waals surface area contributed by atoms with E-state index in [1.807, 2.05) is 0 Å². The van der Waals surface area contributed by atoms with Crippen molar-refractivity contribution in [2.45, 2.75) is 375 Å². The summed E-state index contributed by atoms with van der Waals surface area (Å²) >= 11 is 0. The number of aliphatic hydroxyl groups is 11. The van der Waals surface area contributed by atoms with Crippen LogP contribution in [-0.4, -0.2) is 215 Å². The number of aliphatic carboxylic acids is 1. The van der Waals surface area contributed by atoms with E-state index < -0.39 is 148 Å². The Morgan fingerprint density at radius 3 is 1.56 bits per heavy atom. The molecule has 3 rings (SSSR count). The molecule has 0 aromatic heterocycles. The number of carbonyl (C=O) groups excluding carboxylic acids is 2. The van der Waals surface area contributed by atoms with Gasteiger partial charge >= 0.3 is 5.97 Å². The van der Waals surface area contributed by atoms with Crippen molar-refractivity contribution >= 4 is 17.8 Å². The number of carbonyl (C=O) groups is 3. The number of allylic oxidation sites excluding steroid dienone is 4. The van der Waals surface area contributed by atoms with E-state index in [9.17, 15) is 75.7 Å². The molecule has 2 amide bonds. The lowest BCUT2D eigenvalue weighted by Crippen LogP contribution is -2.70. The van der Waals surface area contributed by atoms with Gasteiger partial charge in [0.15, 0.2) is 12.6 Å². The molecule has 0 saturated carbocycles. The second-order valence-electron chi connectivity index (χ2n) is 26.4. The van der Waals surface area contributed by atoms with Gasteiger partial charge in [-0.3, -0.25) is 9.59 Å². The zero-order chi connectivity index (χ0) is 68.2. The van der Waals surface area contributed by atoms with E-state index in [-0.39, 0.29) is 18.9 Å². The molecule has 93 heavy (non-hydrogen) atoms. The summed E-state index contributed by atoms with van der Waals surface area (Å²) in [4.78, 5) is 38.6. The van der Waals surface area contributed by atoms with E-state index in [2.05, 4.69) is 48.8 Å². The van der Waals surface area contributed by atoms with Gasteiger partial charge in [-0.05, 0) is 38.5 Å². The lowest BCUT2D eigenvalue weighted by Gasteiger charge is -2.50. The van der Waals surface area contributed by atoms with Gasteiger partial charge in [0.25, 0.3) is 5.79 Å². The van der Waals surface area contributed by atoms with E-state index >= 15 is 0 Å². The first-order valence-electron chi connectivity index (χ1n) is 36.2. The van der Waals surface area contributed by atoms with Gasteiger partial charge in [-0.25, -0.2) is 4.79 Å². The fraction of sp³-hybridized carbons (Fsp3) is 0.900. The number of nitrogens with one attached hydrogen (secondary N) is 2. The Morgan fingerprint density at radius 2 is 1.06 bits per heavy atom. The Bertz CT molecular complexity index is 1970. The van der Waals surface area contributed by atoms with E-state index in [4.69, 9.17) is 28.4 Å². The molecule has 0 aromatic rings. The van der Waals surface area contributed by atoms with Crippen molar-refractivity contribution in [3.8, 4) is 0 Å². The Hall–Kier alpha value is -2.79. The topological polar surface area (TPSA) is 373 Å². The Balaban J connectivity index is 1.57. The highest BCUT2D eigenvalue weighted by Crippen LogP contribution is 2.39. The monoisotopic (exact) mass is 1330 g/mol. The minimum absolute atomic E-state index is 0.224. The molecule has 3 aliphatic rings. The maximum absolute atomic E-state index is 13.5. The molecule has 3 heterocycles. The van der Waals surface area contributed by atoms with Gasteiger partial charge in [-0.15, -0.1) is 0 Å². The number of rotatable bonds is 55.